The molecule has 3 aromatic rings. The van der Waals surface area contributed by atoms with Gasteiger partial charge in [-0.3, -0.25) is 14.6 Å². The van der Waals surface area contributed by atoms with E-state index in [4.69, 9.17) is 4.74 Å². The topological polar surface area (TPSA) is 80.3 Å². The molecule has 0 saturated heterocycles. The van der Waals surface area contributed by atoms with Crippen LogP contribution in [0.3, 0.4) is 0 Å². The lowest BCUT2D eigenvalue weighted by Crippen LogP contribution is -2.16. The zero-order chi connectivity index (χ0) is 22.1. The molecule has 1 aromatic heterocycles. The highest BCUT2D eigenvalue weighted by Gasteiger charge is 2.12. The van der Waals surface area contributed by atoms with Gasteiger partial charge in [0.25, 0.3) is 5.91 Å². The second-order valence-corrected chi connectivity index (χ2v) is 6.60. The first-order valence-electron chi connectivity index (χ1n) is 9.79. The van der Waals surface area contributed by atoms with Gasteiger partial charge in [-0.05, 0) is 60.5 Å². The molecule has 0 aliphatic carbocycles. The van der Waals surface area contributed by atoms with Crippen molar-refractivity contribution in [1.82, 2.24) is 4.98 Å². The van der Waals surface area contributed by atoms with E-state index in [9.17, 15) is 14.0 Å². The molecule has 2 N–H and O–H groups in total. The predicted octanol–water partition coefficient (Wildman–Crippen LogP) is 4.91. The first-order chi connectivity index (χ1) is 15.0. The molecule has 6 nitrogen and oxygen atoms in total. The number of carbonyl (C=O) groups excluding carboxylic acids is 2. The fourth-order valence-electron chi connectivity index (χ4n) is 2.65. The molecule has 158 valence electrons. The van der Waals surface area contributed by atoms with E-state index in [-0.39, 0.29) is 17.1 Å². The van der Waals surface area contributed by atoms with Gasteiger partial charge in [-0.2, -0.15) is 0 Å². The van der Waals surface area contributed by atoms with Gasteiger partial charge in [0.15, 0.2) is 0 Å². The molecule has 0 atom stereocenters. The van der Waals surface area contributed by atoms with Crippen molar-refractivity contribution in [3.63, 3.8) is 0 Å². The van der Waals surface area contributed by atoms with Crippen molar-refractivity contribution in [3.05, 3.63) is 90.0 Å². The fourth-order valence-corrected chi connectivity index (χ4v) is 2.65. The zero-order valence-electron chi connectivity index (χ0n) is 17.0. The average Bonchev–Trinajstić information content (AvgIpc) is 2.79. The van der Waals surface area contributed by atoms with Crippen molar-refractivity contribution < 1.29 is 18.7 Å². The maximum absolute atomic E-state index is 13.7. The summed E-state index contributed by atoms with van der Waals surface area (Å²) in [5, 5.41) is 5.23. The summed E-state index contributed by atoms with van der Waals surface area (Å²) in [5.74, 6) is -0.719. The van der Waals surface area contributed by atoms with E-state index in [0.717, 1.165) is 23.8 Å². The molecule has 0 fully saturated rings. The molecule has 0 aliphatic heterocycles. The van der Waals surface area contributed by atoms with Gasteiger partial charge < -0.3 is 15.4 Å². The largest absolute Gasteiger partial charge is 0.494 e. The fraction of sp³-hybridized carbons (Fsp3) is 0.125. The number of aromatic nitrogens is 1. The number of rotatable bonds is 8. The monoisotopic (exact) mass is 419 g/mol. The van der Waals surface area contributed by atoms with Gasteiger partial charge in [-0.15, -0.1) is 0 Å². The molecular formula is C24H22FN3O3. The molecule has 0 unspecified atom stereocenters. The quantitative estimate of drug-likeness (QED) is 0.508. The van der Waals surface area contributed by atoms with E-state index in [1.165, 1.54) is 24.4 Å². The summed E-state index contributed by atoms with van der Waals surface area (Å²) in [4.78, 5) is 28.7. The first-order valence-corrected chi connectivity index (χ1v) is 9.79. The van der Waals surface area contributed by atoms with Gasteiger partial charge >= 0.3 is 0 Å². The molecule has 2 aromatic carbocycles. The van der Waals surface area contributed by atoms with Crippen LogP contribution in [0.2, 0.25) is 0 Å². The highest BCUT2D eigenvalue weighted by Crippen LogP contribution is 2.23. The summed E-state index contributed by atoms with van der Waals surface area (Å²) < 4.78 is 19.3. The summed E-state index contributed by atoms with van der Waals surface area (Å²) in [6.07, 6.45) is 5.38. The minimum absolute atomic E-state index is 0.141. The standard InChI is InChI=1S/C24H22FN3O3/c1-2-15-31-19-10-6-17(7-11-19)8-13-23(29)27-22-16-18(25)9-12-20(22)28-24(30)21-5-3-4-14-26-21/h3-14,16H,2,15H2,1H3,(H,27,29)(H,28,30)/b13-8+. The third kappa shape index (κ3) is 6.50. The molecule has 31 heavy (non-hydrogen) atoms. The van der Waals surface area contributed by atoms with Crippen molar-refractivity contribution in [1.29, 1.82) is 0 Å². The van der Waals surface area contributed by atoms with Crippen LogP contribution in [-0.4, -0.2) is 23.4 Å². The molecule has 0 spiro atoms. The number of hydrogen-bond acceptors (Lipinski definition) is 4. The SMILES string of the molecule is CCCOc1ccc(/C=C/C(=O)Nc2cc(F)ccc2NC(=O)c2ccccn2)cc1. The third-order valence-electron chi connectivity index (χ3n) is 4.17. The van der Waals surface area contributed by atoms with Gasteiger partial charge in [0.05, 0.1) is 18.0 Å². The van der Waals surface area contributed by atoms with Crippen molar-refractivity contribution in [2.24, 2.45) is 0 Å². The Bertz CT molecular complexity index is 1070. The number of carbonyl (C=O) groups is 2. The Morgan fingerprint density at radius 1 is 1.03 bits per heavy atom. The molecule has 0 saturated carbocycles. The van der Waals surface area contributed by atoms with E-state index >= 15 is 0 Å². The number of benzene rings is 2. The van der Waals surface area contributed by atoms with E-state index in [1.54, 1.807) is 24.3 Å². The number of ether oxygens (including phenoxy) is 1. The molecule has 0 bridgehead atoms. The molecule has 1 heterocycles. The van der Waals surface area contributed by atoms with Crippen LogP contribution in [0.25, 0.3) is 6.08 Å². The lowest BCUT2D eigenvalue weighted by molar-refractivity contribution is -0.111. The number of hydrogen-bond donors (Lipinski definition) is 2. The van der Waals surface area contributed by atoms with Crippen molar-refractivity contribution in [2.45, 2.75) is 13.3 Å². The minimum Gasteiger partial charge on any atom is -0.494 e. The van der Waals surface area contributed by atoms with Crippen LogP contribution in [0.15, 0.2) is 72.9 Å². The van der Waals surface area contributed by atoms with Gasteiger partial charge in [-0.25, -0.2) is 4.39 Å². The molecule has 0 radical (unpaired) electrons. The molecular weight excluding hydrogens is 397 g/mol. The van der Waals surface area contributed by atoms with E-state index in [1.807, 2.05) is 31.2 Å². The van der Waals surface area contributed by atoms with E-state index < -0.39 is 17.6 Å². The number of amides is 2. The van der Waals surface area contributed by atoms with Gasteiger partial charge in [0.2, 0.25) is 5.91 Å². The molecule has 3 rings (SSSR count). The number of nitrogens with one attached hydrogen (secondary N) is 2. The van der Waals surface area contributed by atoms with Crippen LogP contribution in [0, 0.1) is 5.82 Å². The highest BCUT2D eigenvalue weighted by atomic mass is 19.1. The van der Waals surface area contributed by atoms with E-state index in [2.05, 4.69) is 15.6 Å². The Labute approximate surface area is 179 Å². The summed E-state index contributed by atoms with van der Waals surface area (Å²) in [6, 6.07) is 16.0. The smallest absolute Gasteiger partial charge is 0.274 e. The second kappa shape index (κ2) is 10.7. The van der Waals surface area contributed by atoms with Gasteiger partial charge in [0.1, 0.15) is 17.3 Å². The highest BCUT2D eigenvalue weighted by molar-refractivity contribution is 6.08. The lowest BCUT2D eigenvalue weighted by Gasteiger charge is -2.11. The van der Waals surface area contributed by atoms with Crippen molar-refractivity contribution in [2.75, 3.05) is 17.2 Å². The average molecular weight is 419 g/mol. The Morgan fingerprint density at radius 2 is 1.84 bits per heavy atom. The van der Waals surface area contributed by atoms with Gasteiger partial charge in [-0.1, -0.05) is 25.1 Å². The van der Waals surface area contributed by atoms with Crippen LogP contribution in [0.5, 0.6) is 5.75 Å². The minimum atomic E-state index is -0.544. The van der Waals surface area contributed by atoms with Crippen LogP contribution in [0.4, 0.5) is 15.8 Å². The van der Waals surface area contributed by atoms with Crippen LogP contribution >= 0.6 is 0 Å². The lowest BCUT2D eigenvalue weighted by atomic mass is 10.2. The van der Waals surface area contributed by atoms with Crippen molar-refractivity contribution in [3.8, 4) is 5.75 Å². The summed E-state index contributed by atoms with van der Waals surface area (Å²) in [7, 11) is 0. The van der Waals surface area contributed by atoms with Crippen molar-refractivity contribution >= 4 is 29.3 Å². The second-order valence-electron chi connectivity index (χ2n) is 6.60. The first kappa shape index (κ1) is 21.7. The Kier molecular flexibility index (Phi) is 7.48. The number of anilines is 2. The Balaban J connectivity index is 1.67. The van der Waals surface area contributed by atoms with Gasteiger partial charge in [0, 0.05) is 12.3 Å². The normalized spacial score (nSPS) is 10.6. The third-order valence-corrected chi connectivity index (χ3v) is 4.17. The van der Waals surface area contributed by atoms with E-state index in [0.29, 0.717) is 6.61 Å². The summed E-state index contributed by atoms with van der Waals surface area (Å²) >= 11 is 0. The number of pyridine rings is 1. The van der Waals surface area contributed by atoms with Crippen LogP contribution < -0.4 is 15.4 Å². The zero-order valence-corrected chi connectivity index (χ0v) is 17.0. The summed E-state index contributed by atoms with van der Waals surface area (Å²) in [6.45, 7) is 2.67. The maximum atomic E-state index is 13.7. The Morgan fingerprint density at radius 3 is 2.55 bits per heavy atom. The van der Waals surface area contributed by atoms with Crippen LogP contribution in [-0.2, 0) is 4.79 Å². The molecule has 7 heteroatoms. The number of halogens is 1. The maximum Gasteiger partial charge on any atom is 0.274 e. The number of nitrogens with zero attached hydrogens (tertiary/aromatic N) is 1. The molecule has 2 amide bonds. The molecule has 0 aliphatic rings. The summed E-state index contributed by atoms with van der Waals surface area (Å²) in [5.41, 5.74) is 1.41. The van der Waals surface area contributed by atoms with Crippen LogP contribution in [0.1, 0.15) is 29.4 Å². The predicted molar refractivity (Wildman–Crippen MR) is 118 cm³/mol. The Hall–Kier alpha value is -4.00.